The largest absolute Gasteiger partial charge is 0.322 e. The lowest BCUT2D eigenvalue weighted by Crippen LogP contribution is -2.28. The van der Waals surface area contributed by atoms with E-state index in [0.717, 1.165) is 12.8 Å². The highest BCUT2D eigenvalue weighted by molar-refractivity contribution is 7.92. The second-order valence-corrected chi connectivity index (χ2v) is 11.8. The van der Waals surface area contributed by atoms with Crippen LogP contribution in [-0.2, 0) is 20.0 Å². The number of sulfonamides is 2. The Kier molecular flexibility index (Phi) is 6.74. The van der Waals surface area contributed by atoms with Gasteiger partial charge in [0.15, 0.2) is 0 Å². The van der Waals surface area contributed by atoms with Gasteiger partial charge in [0, 0.05) is 31.4 Å². The summed E-state index contributed by atoms with van der Waals surface area (Å²) in [6.45, 7) is 0.987. The van der Waals surface area contributed by atoms with Gasteiger partial charge in [-0.15, -0.1) is 0 Å². The number of hydrogen-bond donors (Lipinski definition) is 1. The number of carbonyl (C=O) groups is 1. The van der Waals surface area contributed by atoms with Crippen molar-refractivity contribution < 1.29 is 21.6 Å². The molecule has 4 rings (SSSR count). The van der Waals surface area contributed by atoms with Crippen molar-refractivity contribution in [2.24, 2.45) is 0 Å². The zero-order chi connectivity index (χ0) is 24.3. The zero-order valence-electron chi connectivity index (χ0n) is 18.6. The Morgan fingerprint density at radius 2 is 1.47 bits per heavy atom. The van der Waals surface area contributed by atoms with Crippen LogP contribution in [0.25, 0.3) is 0 Å². The van der Waals surface area contributed by atoms with Crippen molar-refractivity contribution >= 4 is 37.3 Å². The van der Waals surface area contributed by atoms with Gasteiger partial charge < -0.3 is 5.32 Å². The lowest BCUT2D eigenvalue weighted by Gasteiger charge is -2.19. The highest BCUT2D eigenvalue weighted by Crippen LogP contribution is 2.24. The van der Waals surface area contributed by atoms with Crippen LogP contribution in [-0.4, -0.2) is 47.2 Å². The fraction of sp³-hybridized carbons (Fsp3) is 0.208. The van der Waals surface area contributed by atoms with Crippen LogP contribution >= 0.6 is 0 Å². The first-order valence-corrected chi connectivity index (χ1v) is 13.6. The summed E-state index contributed by atoms with van der Waals surface area (Å²) in [5, 5.41) is 2.69. The molecule has 0 unspecified atom stereocenters. The number of anilines is 2. The average molecular weight is 500 g/mol. The number of nitrogens with zero attached hydrogens (tertiary/aromatic N) is 2. The van der Waals surface area contributed by atoms with E-state index in [1.165, 1.54) is 52.1 Å². The number of rotatable bonds is 7. The summed E-state index contributed by atoms with van der Waals surface area (Å²) in [5.41, 5.74) is 1.10. The van der Waals surface area contributed by atoms with Gasteiger partial charge in [-0.3, -0.25) is 9.10 Å². The average Bonchev–Trinajstić information content (AvgIpc) is 3.40. The fourth-order valence-corrected chi connectivity index (χ4v) is 6.49. The minimum atomic E-state index is -3.79. The summed E-state index contributed by atoms with van der Waals surface area (Å²) in [7, 11) is -5.93. The molecule has 0 aromatic heterocycles. The van der Waals surface area contributed by atoms with Crippen LogP contribution in [0.4, 0.5) is 11.4 Å². The summed E-state index contributed by atoms with van der Waals surface area (Å²) < 4.78 is 54.0. The molecule has 0 aliphatic carbocycles. The first-order chi connectivity index (χ1) is 16.2. The Bertz CT molecular complexity index is 1380. The van der Waals surface area contributed by atoms with Gasteiger partial charge in [-0.25, -0.2) is 16.8 Å². The number of hydrogen-bond acceptors (Lipinski definition) is 5. The first kappa shape index (κ1) is 23.9. The van der Waals surface area contributed by atoms with Crippen molar-refractivity contribution in [3.63, 3.8) is 0 Å². The number of para-hydroxylation sites is 1. The normalized spacial score (nSPS) is 14.6. The van der Waals surface area contributed by atoms with Gasteiger partial charge in [0.25, 0.3) is 15.9 Å². The van der Waals surface area contributed by atoms with E-state index < -0.39 is 26.0 Å². The molecular weight excluding hydrogens is 474 g/mol. The summed E-state index contributed by atoms with van der Waals surface area (Å²) in [6, 6.07) is 20.4. The molecule has 10 heteroatoms. The molecule has 1 aliphatic rings. The maximum atomic E-state index is 12.9. The molecule has 1 heterocycles. The SMILES string of the molecule is CN(c1ccccc1)S(=O)(=O)c1ccc(C(=O)Nc2cccc(S(=O)(=O)N3CCCC3)c2)cc1. The number of benzene rings is 3. The van der Waals surface area contributed by atoms with E-state index in [1.54, 1.807) is 42.5 Å². The highest BCUT2D eigenvalue weighted by atomic mass is 32.2. The summed E-state index contributed by atoms with van der Waals surface area (Å²) >= 11 is 0. The number of amides is 1. The van der Waals surface area contributed by atoms with Gasteiger partial charge in [-0.05, 0) is 67.4 Å². The van der Waals surface area contributed by atoms with E-state index in [1.807, 2.05) is 0 Å². The monoisotopic (exact) mass is 499 g/mol. The molecule has 0 atom stereocenters. The minimum absolute atomic E-state index is 0.0501. The lowest BCUT2D eigenvalue weighted by molar-refractivity contribution is 0.102. The van der Waals surface area contributed by atoms with Crippen molar-refractivity contribution in [3.05, 3.63) is 84.4 Å². The van der Waals surface area contributed by atoms with Crippen molar-refractivity contribution in [1.82, 2.24) is 4.31 Å². The van der Waals surface area contributed by atoms with Crippen LogP contribution in [0.3, 0.4) is 0 Å². The Hall–Kier alpha value is -3.21. The van der Waals surface area contributed by atoms with Gasteiger partial charge in [-0.2, -0.15) is 4.31 Å². The maximum Gasteiger partial charge on any atom is 0.264 e. The predicted molar refractivity (Wildman–Crippen MR) is 131 cm³/mol. The third-order valence-electron chi connectivity index (χ3n) is 5.69. The molecule has 1 saturated heterocycles. The van der Waals surface area contributed by atoms with Crippen LogP contribution in [0.15, 0.2) is 88.7 Å². The van der Waals surface area contributed by atoms with Gasteiger partial charge in [0.05, 0.1) is 15.5 Å². The molecule has 0 bridgehead atoms. The topological polar surface area (TPSA) is 104 Å². The van der Waals surface area contributed by atoms with E-state index >= 15 is 0 Å². The molecule has 34 heavy (non-hydrogen) atoms. The van der Waals surface area contributed by atoms with Crippen LogP contribution in [0, 0.1) is 0 Å². The van der Waals surface area contributed by atoms with Crippen LogP contribution in [0.1, 0.15) is 23.2 Å². The van der Waals surface area contributed by atoms with Crippen molar-refractivity contribution in [2.45, 2.75) is 22.6 Å². The molecule has 1 aliphatic heterocycles. The van der Waals surface area contributed by atoms with Crippen LogP contribution in [0.5, 0.6) is 0 Å². The van der Waals surface area contributed by atoms with Crippen LogP contribution in [0.2, 0.25) is 0 Å². The summed E-state index contributed by atoms with van der Waals surface area (Å²) in [5.74, 6) is -0.476. The third-order valence-corrected chi connectivity index (χ3v) is 9.38. The van der Waals surface area contributed by atoms with Gasteiger partial charge in [0.1, 0.15) is 0 Å². The number of nitrogens with one attached hydrogen (secondary N) is 1. The molecule has 3 aromatic rings. The van der Waals surface area contributed by atoms with Crippen LogP contribution < -0.4 is 9.62 Å². The highest BCUT2D eigenvalue weighted by Gasteiger charge is 2.27. The molecule has 3 aromatic carbocycles. The zero-order valence-corrected chi connectivity index (χ0v) is 20.2. The standard InChI is InChI=1S/C24H25N3O5S2/c1-26(21-9-3-2-4-10-21)33(29,30)22-14-12-19(13-15-22)24(28)25-20-8-7-11-23(18-20)34(31,32)27-16-5-6-17-27/h2-4,7-15,18H,5-6,16-17H2,1H3,(H,25,28). The quantitative estimate of drug-likeness (QED) is 0.535. The Balaban J connectivity index is 1.49. The molecule has 1 fully saturated rings. The van der Waals surface area contributed by atoms with Crippen molar-refractivity contribution in [1.29, 1.82) is 0 Å². The number of carbonyl (C=O) groups excluding carboxylic acids is 1. The van der Waals surface area contributed by atoms with Crippen molar-refractivity contribution in [2.75, 3.05) is 29.8 Å². The smallest absolute Gasteiger partial charge is 0.264 e. The Morgan fingerprint density at radius 3 is 2.12 bits per heavy atom. The van der Waals surface area contributed by atoms with E-state index in [9.17, 15) is 21.6 Å². The van der Waals surface area contributed by atoms with Gasteiger partial charge >= 0.3 is 0 Å². The van der Waals surface area contributed by atoms with Crippen molar-refractivity contribution in [3.8, 4) is 0 Å². The van der Waals surface area contributed by atoms with Gasteiger partial charge in [-0.1, -0.05) is 24.3 Å². The van der Waals surface area contributed by atoms with E-state index in [-0.39, 0.29) is 15.4 Å². The lowest BCUT2D eigenvalue weighted by atomic mass is 10.2. The summed E-state index contributed by atoms with van der Waals surface area (Å²) in [6.07, 6.45) is 1.67. The maximum absolute atomic E-state index is 12.9. The van der Waals surface area contributed by atoms with E-state index in [2.05, 4.69) is 5.32 Å². The molecule has 0 radical (unpaired) electrons. The molecule has 1 N–H and O–H groups in total. The second-order valence-electron chi connectivity index (χ2n) is 7.93. The first-order valence-electron chi connectivity index (χ1n) is 10.8. The van der Waals surface area contributed by atoms with E-state index in [0.29, 0.717) is 24.5 Å². The Morgan fingerprint density at radius 1 is 0.824 bits per heavy atom. The molecule has 0 saturated carbocycles. The second kappa shape index (κ2) is 9.57. The molecular formula is C24H25N3O5S2. The molecule has 178 valence electrons. The third kappa shape index (κ3) is 4.84. The predicted octanol–water partition coefficient (Wildman–Crippen LogP) is 3.55. The molecule has 1 amide bonds. The fourth-order valence-electron chi connectivity index (χ4n) is 3.73. The van der Waals surface area contributed by atoms with Gasteiger partial charge in [0.2, 0.25) is 10.0 Å². The molecule has 0 spiro atoms. The Labute approximate surface area is 199 Å². The molecule has 8 nitrogen and oxygen atoms in total. The van der Waals surface area contributed by atoms with E-state index in [4.69, 9.17) is 0 Å². The minimum Gasteiger partial charge on any atom is -0.322 e. The summed E-state index contributed by atoms with van der Waals surface area (Å²) in [4.78, 5) is 12.9.